The van der Waals surface area contributed by atoms with Crippen LogP contribution in [0.25, 0.3) is 0 Å². The molecular formula is C91H126N20O7+4. The molecule has 0 bridgehead atoms. The van der Waals surface area contributed by atoms with E-state index in [0.29, 0.717) is 95.8 Å². The molecule has 9 aromatic carbocycles. The molecule has 118 heavy (non-hydrogen) atoms. The number of phenols is 3. The molecule has 14 rings (SSSR count). The molecule has 4 fully saturated rings. The molecule has 4 saturated heterocycles. The van der Waals surface area contributed by atoms with Gasteiger partial charge in [-0.3, -0.25) is 0 Å². The number of nitrogens with two attached hydrogens (primary N) is 3. The summed E-state index contributed by atoms with van der Waals surface area (Å²) >= 11 is 0. The highest BCUT2D eigenvalue weighted by molar-refractivity contribution is 5.85. The number of phenolic OH excluding ortho intramolecular Hbond substituents is 3. The number of hydrogen-bond donors (Lipinski definition) is 16. The first-order valence-electron chi connectivity index (χ1n) is 41.0. The maximum atomic E-state index is 10.6. The van der Waals surface area contributed by atoms with Crippen molar-refractivity contribution in [1.82, 2.24) is 4.57 Å². The van der Waals surface area contributed by atoms with Crippen LogP contribution in [0, 0.1) is 0 Å². The monoisotopic (exact) mass is 1610 g/mol. The van der Waals surface area contributed by atoms with Crippen molar-refractivity contribution in [2.75, 3.05) is 247 Å². The summed E-state index contributed by atoms with van der Waals surface area (Å²) in [6.07, 6.45) is 11.0. The number of benzene rings is 9. The van der Waals surface area contributed by atoms with Gasteiger partial charge in [0.15, 0.2) is 0 Å². The van der Waals surface area contributed by atoms with Crippen LogP contribution in [-0.4, -0.2) is 240 Å². The molecule has 0 spiro atoms. The Morgan fingerprint density at radius 3 is 0.856 bits per heavy atom. The van der Waals surface area contributed by atoms with Gasteiger partial charge in [-0.25, -0.2) is 9.13 Å². The van der Waals surface area contributed by atoms with Gasteiger partial charge in [-0.05, 0) is 164 Å². The number of nitrogen functional groups attached to an aromatic ring is 3. The minimum absolute atomic E-state index is 0.00862. The molecule has 27 heteroatoms. The Hall–Kier alpha value is -11.7. The Morgan fingerprint density at radius 2 is 0.610 bits per heavy atom. The van der Waals surface area contributed by atoms with Crippen molar-refractivity contribution in [3.8, 4) is 17.2 Å². The molecule has 628 valence electrons. The lowest BCUT2D eigenvalue weighted by atomic mass is 10.2. The molecule has 27 nitrogen and oxygen atoms in total. The molecule has 1 aromatic heterocycles. The van der Waals surface area contributed by atoms with Crippen molar-refractivity contribution in [1.29, 1.82) is 0 Å². The number of nitrogens with zero attached hydrogens (tertiary/aromatic N) is 11. The van der Waals surface area contributed by atoms with Crippen LogP contribution in [0.15, 0.2) is 201 Å². The maximum Gasteiger partial charge on any atom is 0.243 e. The van der Waals surface area contributed by atoms with Gasteiger partial charge in [-0.1, -0.05) is 0 Å². The molecule has 0 radical (unpaired) electrons. The number of aromatic hydroxyl groups is 3. The van der Waals surface area contributed by atoms with Crippen LogP contribution < -0.4 is 83.1 Å². The summed E-state index contributed by atoms with van der Waals surface area (Å²) in [5.74, 6) is 0.253. The van der Waals surface area contributed by atoms with Crippen LogP contribution in [0.4, 0.5) is 119 Å². The predicted molar refractivity (Wildman–Crippen MR) is 486 cm³/mol. The summed E-state index contributed by atoms with van der Waals surface area (Å²) in [6, 6.07) is 61.3. The van der Waals surface area contributed by atoms with Gasteiger partial charge in [0.05, 0.1) is 174 Å². The van der Waals surface area contributed by atoms with Crippen LogP contribution in [0.2, 0.25) is 0 Å². The lowest BCUT2D eigenvalue weighted by Gasteiger charge is -2.31. The first-order chi connectivity index (χ1) is 56.5. The van der Waals surface area contributed by atoms with Gasteiger partial charge in [-0.2, -0.15) is 0 Å². The summed E-state index contributed by atoms with van der Waals surface area (Å²) in [5.41, 5.74) is 35.7. The quantitative estimate of drug-likeness (QED) is 0.00654. The molecule has 5 heterocycles. The Balaban J connectivity index is 0.000000163. The summed E-state index contributed by atoms with van der Waals surface area (Å²) in [5, 5.41) is 88.9. The van der Waals surface area contributed by atoms with E-state index in [0.717, 1.165) is 123 Å². The number of aryl methyl sites for hydroxylation is 1. The number of nitrogens with one attached hydrogen (secondary N) is 6. The fraction of sp³-hybridized carbons (Fsp3) is 0.374. The van der Waals surface area contributed by atoms with Gasteiger partial charge in [-0.15, -0.1) is 0 Å². The van der Waals surface area contributed by atoms with Crippen LogP contribution in [0.3, 0.4) is 0 Å². The molecule has 19 N–H and O–H groups in total. The van der Waals surface area contributed by atoms with Gasteiger partial charge >= 0.3 is 0 Å². The van der Waals surface area contributed by atoms with Crippen LogP contribution >= 0.6 is 0 Å². The third-order valence-electron chi connectivity index (χ3n) is 23.2. The van der Waals surface area contributed by atoms with Gasteiger partial charge in [0.25, 0.3) is 0 Å². The highest BCUT2D eigenvalue weighted by Gasteiger charge is 2.36. The van der Waals surface area contributed by atoms with E-state index in [1.54, 1.807) is 18.2 Å². The zero-order valence-corrected chi connectivity index (χ0v) is 70.3. The van der Waals surface area contributed by atoms with E-state index in [2.05, 4.69) is 216 Å². The van der Waals surface area contributed by atoms with E-state index < -0.39 is 0 Å². The Kier molecular flexibility index (Phi) is 27.7. The van der Waals surface area contributed by atoms with E-state index in [9.17, 15) is 35.7 Å². The zero-order chi connectivity index (χ0) is 84.0. The second kappa shape index (κ2) is 38.1. The minimum Gasteiger partial charge on any atom is -0.506 e. The predicted octanol–water partition coefficient (Wildman–Crippen LogP) is 11.9. The van der Waals surface area contributed by atoms with E-state index in [1.165, 1.54) is 54.1 Å². The van der Waals surface area contributed by atoms with Crippen molar-refractivity contribution in [2.24, 2.45) is 7.05 Å². The smallest absolute Gasteiger partial charge is 0.243 e. The largest absolute Gasteiger partial charge is 0.506 e. The maximum absolute atomic E-state index is 10.6. The van der Waals surface area contributed by atoms with Gasteiger partial charge in [0, 0.05) is 164 Å². The highest BCUT2D eigenvalue weighted by Crippen LogP contribution is 2.42. The molecule has 0 saturated carbocycles. The Labute approximate surface area is 696 Å². The topological polar surface area (TPSA) is 320 Å². The van der Waals surface area contributed by atoms with Crippen LogP contribution in [-0.2, 0) is 7.05 Å². The number of quaternary nitrogens is 3. The average Bonchev–Trinajstić information content (AvgIpc) is 1.57. The molecule has 0 amide bonds. The van der Waals surface area contributed by atoms with Crippen LogP contribution in [0.1, 0.15) is 31.7 Å². The number of rotatable bonds is 30. The van der Waals surface area contributed by atoms with Gasteiger partial charge in [0.1, 0.15) is 53.8 Å². The van der Waals surface area contributed by atoms with Crippen molar-refractivity contribution >= 4 is 119 Å². The standard InChI is InChI=1S/C32H46N7O.C30H37N7O3.C29H40N6O3/c1-38(2,3)27-15-17-36(21-27)25-11-7-23(8-12-25)34-30-20-31(32(40)19-29(30)33)35-24-9-13-26(14-10-24)37-18-16-28(22-37)39(4,5)6;1-34-12-13-37(21-34)26-10-11-36(20-26)25-8-4-23(5-9-25)33-29-19-28(27(31)18-30(29)40)32-22-2-6-24(7-3-22)35(14-16-38)15-17-39;1-35(2,3)25-12-13-34(20-25)24-10-6-22(7-11-24)32-28-19-27(26(30)18-29(28)38)31-21-4-8-23(9-5-21)33(14-16-36)15-17-37/h7-14,19-20,27-28,34-35H,15-18,21-22,33H2,1-6H3;2-9,12-13,18-19,21,26,32-33,38-39H,10-11,14-17,20,31H2,1H3;4-11,18-19,25,31-32,36-37H,12-17,20,30H2,1-3H3/q+1;;/p+3. The van der Waals surface area contributed by atoms with Gasteiger partial charge < -0.3 is 128 Å². The number of aliphatic hydroxyl groups excluding tert-OH is 4. The number of aliphatic hydroxyl groups is 4. The fourth-order valence-corrected chi connectivity index (χ4v) is 15.9. The van der Waals surface area contributed by atoms with Crippen molar-refractivity contribution < 1.29 is 53.8 Å². The van der Waals surface area contributed by atoms with E-state index in [1.807, 2.05) is 95.7 Å². The van der Waals surface area contributed by atoms with E-state index >= 15 is 0 Å². The molecule has 4 atom stereocenters. The third kappa shape index (κ3) is 22.3. The lowest BCUT2D eigenvalue weighted by molar-refractivity contribution is -0.893. The minimum atomic E-state index is 0.00862. The summed E-state index contributed by atoms with van der Waals surface area (Å²) in [4.78, 5) is 13.6. The van der Waals surface area contributed by atoms with Crippen molar-refractivity contribution in [3.05, 3.63) is 201 Å². The number of likely N-dealkylation sites (N-methyl/N-ethyl adjacent to an activating group) is 3. The number of hydrogen-bond acceptors (Lipinski definition) is 22. The number of aromatic nitrogens is 2. The second-order valence-electron chi connectivity index (χ2n) is 34.2. The molecule has 4 unspecified atom stereocenters. The molecule has 4 aliphatic heterocycles. The second-order valence-corrected chi connectivity index (χ2v) is 34.2. The fourth-order valence-electron chi connectivity index (χ4n) is 15.9. The first kappa shape index (κ1) is 85.7. The normalized spacial score (nSPS) is 16.7. The summed E-state index contributed by atoms with van der Waals surface area (Å²) in [6.45, 7) is 10.2. The van der Waals surface area contributed by atoms with E-state index in [4.69, 9.17) is 17.2 Å². The number of anilines is 21. The Morgan fingerprint density at radius 1 is 0.356 bits per heavy atom. The first-order valence-corrected chi connectivity index (χ1v) is 41.0. The highest BCUT2D eigenvalue weighted by atomic mass is 16.3. The average molecular weight is 1610 g/mol. The molecule has 0 aliphatic carbocycles. The van der Waals surface area contributed by atoms with Crippen molar-refractivity contribution in [3.63, 3.8) is 0 Å². The van der Waals surface area contributed by atoms with Crippen molar-refractivity contribution in [2.45, 2.75) is 49.9 Å². The number of imidazole rings is 1. The molecular weight excluding hydrogens is 1490 g/mol. The Bertz CT molecular complexity index is 4770. The SMILES string of the molecule is C[N+](C)(C)C1CCN(c2ccc(Nc3cc(Nc4ccc(N(CCO)CCO)cc4)c(N)cc3O)cc2)C1.C[N+](C)(C)C1CCN(c2ccc(Nc3cc(Nc4ccc(N5CCC([N+](C)(C)C)C5)cc4)c(O)cc3N)cc2)C1.C[n+]1ccn(C2CCN(c3ccc(Nc4cc(Nc5ccc(N(CCO)CCO)cc5)c(N)cc4O)cc3)C2)c1. The molecule has 4 aliphatic rings. The summed E-state index contributed by atoms with van der Waals surface area (Å²) in [7, 11) is 22.4. The summed E-state index contributed by atoms with van der Waals surface area (Å²) < 4.78 is 7.30. The zero-order valence-electron chi connectivity index (χ0n) is 70.3. The molecule has 10 aromatic rings. The van der Waals surface area contributed by atoms with Gasteiger partial charge in [0.2, 0.25) is 6.33 Å². The van der Waals surface area contributed by atoms with E-state index in [-0.39, 0.29) is 43.7 Å². The lowest BCUT2D eigenvalue weighted by Crippen LogP contribution is -2.46. The third-order valence-corrected chi connectivity index (χ3v) is 23.2. The van der Waals surface area contributed by atoms with Crippen LogP contribution in [0.5, 0.6) is 17.2 Å².